The van der Waals surface area contributed by atoms with Gasteiger partial charge in [0.05, 0.1) is 0 Å². The van der Waals surface area contributed by atoms with Gasteiger partial charge >= 0.3 is 0 Å². The van der Waals surface area contributed by atoms with Crippen LogP contribution in [-0.2, 0) is 6.42 Å². The van der Waals surface area contributed by atoms with Gasteiger partial charge in [0, 0.05) is 4.83 Å². The maximum Gasteiger partial charge on any atom is 0.0120 e. The normalized spacial score (nSPS) is 15.1. The molecule has 0 heterocycles. The van der Waals surface area contributed by atoms with Crippen molar-refractivity contribution in [2.45, 2.75) is 38.4 Å². The van der Waals surface area contributed by atoms with Gasteiger partial charge in [0.25, 0.3) is 0 Å². The van der Waals surface area contributed by atoms with Crippen LogP contribution in [0.5, 0.6) is 0 Å². The molecule has 0 aromatic heterocycles. The minimum atomic E-state index is 0.628. The van der Waals surface area contributed by atoms with Crippen LogP contribution in [0.2, 0.25) is 0 Å². The van der Waals surface area contributed by atoms with Crippen molar-refractivity contribution >= 4 is 15.9 Å². The number of benzene rings is 1. The van der Waals surface area contributed by atoms with Gasteiger partial charge in [-0.05, 0) is 31.2 Å². The summed E-state index contributed by atoms with van der Waals surface area (Å²) < 4.78 is 0. The summed E-state index contributed by atoms with van der Waals surface area (Å²) in [7, 11) is 0. The van der Waals surface area contributed by atoms with Crippen LogP contribution < -0.4 is 0 Å². The number of halogens is 1. The first-order valence-electron chi connectivity index (χ1n) is 5.27. The molecule has 78 valence electrons. The average molecular weight is 255 g/mol. The lowest BCUT2D eigenvalue weighted by atomic mass is 9.96. The second-order valence-corrected chi connectivity index (χ2v) is 5.87. The lowest BCUT2D eigenvalue weighted by molar-refractivity contribution is 0.533. The van der Waals surface area contributed by atoms with Crippen molar-refractivity contribution in [3.8, 4) is 0 Å². The molecule has 0 aliphatic heterocycles. The molecule has 0 nitrogen and oxygen atoms in total. The first-order chi connectivity index (χ1) is 6.58. The molecule has 0 radical (unpaired) electrons. The Kier molecular flexibility index (Phi) is 4.67. The summed E-state index contributed by atoms with van der Waals surface area (Å²) in [5.41, 5.74) is 2.80. The van der Waals surface area contributed by atoms with Gasteiger partial charge in [-0.2, -0.15) is 0 Å². The number of hydrogen-bond donors (Lipinski definition) is 0. The zero-order valence-electron chi connectivity index (χ0n) is 9.26. The zero-order chi connectivity index (χ0) is 10.6. The molecule has 2 atom stereocenters. The monoisotopic (exact) mass is 254 g/mol. The molecule has 1 aromatic carbocycles. The lowest BCUT2D eigenvalue weighted by Crippen LogP contribution is -2.05. The standard InChI is InChI=1S/C13H19Br/c1-10-4-6-13(7-5-10)9-11(2)8-12(3)14/h4-7,11-12H,8-9H2,1-3H3. The van der Waals surface area contributed by atoms with E-state index in [2.05, 4.69) is 61.0 Å². The minimum Gasteiger partial charge on any atom is -0.0894 e. The molecule has 0 amide bonds. The number of rotatable bonds is 4. The predicted molar refractivity (Wildman–Crippen MR) is 67.1 cm³/mol. The Morgan fingerprint density at radius 3 is 2.21 bits per heavy atom. The molecule has 2 unspecified atom stereocenters. The lowest BCUT2D eigenvalue weighted by Gasteiger charge is -2.12. The maximum absolute atomic E-state index is 3.60. The molecule has 0 fully saturated rings. The smallest absolute Gasteiger partial charge is 0.0120 e. The molecule has 0 aliphatic rings. The highest BCUT2D eigenvalue weighted by atomic mass is 79.9. The number of aryl methyl sites for hydroxylation is 1. The molecule has 0 saturated carbocycles. The Hall–Kier alpha value is -0.300. The molecule has 0 spiro atoms. The van der Waals surface area contributed by atoms with E-state index < -0.39 is 0 Å². The van der Waals surface area contributed by atoms with E-state index in [4.69, 9.17) is 0 Å². The highest BCUT2D eigenvalue weighted by Gasteiger charge is 2.06. The van der Waals surface area contributed by atoms with Crippen molar-refractivity contribution in [1.82, 2.24) is 0 Å². The van der Waals surface area contributed by atoms with Crippen LogP contribution in [0.3, 0.4) is 0 Å². The van der Waals surface area contributed by atoms with Crippen LogP contribution >= 0.6 is 15.9 Å². The van der Waals surface area contributed by atoms with E-state index in [9.17, 15) is 0 Å². The van der Waals surface area contributed by atoms with Gasteiger partial charge in [0.15, 0.2) is 0 Å². The van der Waals surface area contributed by atoms with Crippen LogP contribution in [0.1, 0.15) is 31.4 Å². The van der Waals surface area contributed by atoms with Crippen molar-refractivity contribution < 1.29 is 0 Å². The van der Waals surface area contributed by atoms with E-state index >= 15 is 0 Å². The maximum atomic E-state index is 3.60. The second kappa shape index (κ2) is 5.55. The average Bonchev–Trinajstić information content (AvgIpc) is 2.07. The van der Waals surface area contributed by atoms with E-state index in [1.807, 2.05) is 0 Å². The highest BCUT2D eigenvalue weighted by Crippen LogP contribution is 2.17. The number of hydrogen-bond acceptors (Lipinski definition) is 0. The van der Waals surface area contributed by atoms with E-state index in [1.165, 1.54) is 24.0 Å². The third-order valence-corrected chi connectivity index (χ3v) is 2.81. The highest BCUT2D eigenvalue weighted by molar-refractivity contribution is 9.09. The molecular weight excluding hydrogens is 236 g/mol. The van der Waals surface area contributed by atoms with Crippen LogP contribution in [0.15, 0.2) is 24.3 Å². The fourth-order valence-electron chi connectivity index (χ4n) is 1.76. The molecule has 0 bridgehead atoms. The summed E-state index contributed by atoms with van der Waals surface area (Å²) in [6, 6.07) is 8.87. The van der Waals surface area contributed by atoms with Crippen LogP contribution in [0, 0.1) is 12.8 Å². The SMILES string of the molecule is Cc1ccc(CC(C)CC(C)Br)cc1. The van der Waals surface area contributed by atoms with Gasteiger partial charge in [-0.25, -0.2) is 0 Å². The molecule has 1 aromatic rings. The van der Waals surface area contributed by atoms with Gasteiger partial charge in [-0.3, -0.25) is 0 Å². The molecule has 0 saturated heterocycles. The fraction of sp³-hybridized carbons (Fsp3) is 0.538. The van der Waals surface area contributed by atoms with Crippen LogP contribution in [0.4, 0.5) is 0 Å². The van der Waals surface area contributed by atoms with E-state index in [1.54, 1.807) is 0 Å². The van der Waals surface area contributed by atoms with Crippen molar-refractivity contribution in [3.05, 3.63) is 35.4 Å². The van der Waals surface area contributed by atoms with Crippen molar-refractivity contribution in [1.29, 1.82) is 0 Å². The topological polar surface area (TPSA) is 0 Å². The van der Waals surface area contributed by atoms with Gasteiger partial charge in [-0.1, -0.05) is 59.6 Å². The zero-order valence-corrected chi connectivity index (χ0v) is 10.8. The van der Waals surface area contributed by atoms with Crippen molar-refractivity contribution in [3.63, 3.8) is 0 Å². The van der Waals surface area contributed by atoms with Gasteiger partial charge in [-0.15, -0.1) is 0 Å². The van der Waals surface area contributed by atoms with Gasteiger partial charge in [0.2, 0.25) is 0 Å². The van der Waals surface area contributed by atoms with E-state index in [-0.39, 0.29) is 0 Å². The summed E-state index contributed by atoms with van der Waals surface area (Å²) in [5, 5.41) is 0. The minimum absolute atomic E-state index is 0.628. The Balaban J connectivity index is 2.47. The third-order valence-electron chi connectivity index (χ3n) is 2.43. The number of alkyl halides is 1. The second-order valence-electron chi connectivity index (χ2n) is 4.31. The molecular formula is C13H19Br. The summed E-state index contributed by atoms with van der Waals surface area (Å²) in [5.74, 6) is 0.757. The first kappa shape index (κ1) is 11.8. The first-order valence-corrected chi connectivity index (χ1v) is 6.19. The van der Waals surface area contributed by atoms with E-state index in [0.29, 0.717) is 4.83 Å². The molecule has 14 heavy (non-hydrogen) atoms. The van der Waals surface area contributed by atoms with E-state index in [0.717, 1.165) is 5.92 Å². The van der Waals surface area contributed by atoms with Crippen molar-refractivity contribution in [2.75, 3.05) is 0 Å². The Labute approximate surface area is 95.9 Å². The summed E-state index contributed by atoms with van der Waals surface area (Å²) in [6.07, 6.45) is 2.43. The molecule has 0 aliphatic carbocycles. The molecule has 0 N–H and O–H groups in total. The fourth-order valence-corrected chi connectivity index (χ4v) is 2.40. The Morgan fingerprint density at radius 2 is 1.71 bits per heavy atom. The largest absolute Gasteiger partial charge is 0.0894 e. The van der Waals surface area contributed by atoms with Crippen LogP contribution in [-0.4, -0.2) is 4.83 Å². The van der Waals surface area contributed by atoms with Gasteiger partial charge in [0.1, 0.15) is 0 Å². The van der Waals surface area contributed by atoms with Crippen LogP contribution in [0.25, 0.3) is 0 Å². The Morgan fingerprint density at radius 1 is 1.14 bits per heavy atom. The van der Waals surface area contributed by atoms with Gasteiger partial charge < -0.3 is 0 Å². The third kappa shape index (κ3) is 4.28. The summed E-state index contributed by atoms with van der Waals surface area (Å²) in [4.78, 5) is 0.628. The summed E-state index contributed by atoms with van der Waals surface area (Å²) >= 11 is 3.60. The Bertz CT molecular complexity index is 261. The van der Waals surface area contributed by atoms with Crippen molar-refractivity contribution in [2.24, 2.45) is 5.92 Å². The molecule has 1 heteroatoms. The predicted octanol–water partition coefficient (Wildman–Crippen LogP) is 4.35. The quantitative estimate of drug-likeness (QED) is 0.702. The molecule has 1 rings (SSSR count). The summed E-state index contributed by atoms with van der Waals surface area (Å²) in [6.45, 7) is 6.66.